The van der Waals surface area contributed by atoms with Crippen LogP contribution in [0.4, 0.5) is 17.1 Å². The molecule has 4 N–H and O–H groups in total. The van der Waals surface area contributed by atoms with Crippen LogP contribution in [0.2, 0.25) is 0 Å². The van der Waals surface area contributed by atoms with Crippen molar-refractivity contribution in [2.24, 2.45) is 10.2 Å². The summed E-state index contributed by atoms with van der Waals surface area (Å²) in [6.45, 7) is 3.94. The predicted octanol–water partition coefficient (Wildman–Crippen LogP) is 5.15. The number of phenolic OH excluding ortho intramolecular Hbond substituents is 1. The molecule has 25 heavy (non-hydrogen) atoms. The predicted molar refractivity (Wildman–Crippen MR) is 97.5 cm³/mol. The Kier molecular flexibility index (Phi) is 4.65. The van der Waals surface area contributed by atoms with Gasteiger partial charge in [-0.05, 0) is 60.2 Å². The van der Waals surface area contributed by atoms with Gasteiger partial charge in [0.05, 0.1) is 5.69 Å². The summed E-state index contributed by atoms with van der Waals surface area (Å²) < 4.78 is 0. The number of hydrogen-bond donors (Lipinski definition) is 3. The number of hydrogen-bond acceptors (Lipinski definition) is 6. The van der Waals surface area contributed by atoms with Crippen molar-refractivity contribution < 1.29 is 15.3 Å². The van der Waals surface area contributed by atoms with Crippen LogP contribution in [0, 0.1) is 13.8 Å². The topological polar surface area (TPSA) is 100 Å². The minimum absolute atomic E-state index is 0.0292. The summed E-state index contributed by atoms with van der Waals surface area (Å²) in [6.07, 6.45) is 0. The van der Waals surface area contributed by atoms with E-state index in [1.807, 2.05) is 32.0 Å². The molecule has 0 aliphatic rings. The van der Waals surface area contributed by atoms with Gasteiger partial charge in [0.2, 0.25) is 0 Å². The molecule has 128 valence electrons. The van der Waals surface area contributed by atoms with E-state index < -0.39 is 0 Å². The summed E-state index contributed by atoms with van der Waals surface area (Å²) in [6, 6.07) is 12.8. The van der Waals surface area contributed by atoms with Crippen LogP contribution in [0.1, 0.15) is 16.7 Å². The maximum atomic E-state index is 10.6. The lowest BCUT2D eigenvalue weighted by Gasteiger charge is -2.10. The maximum absolute atomic E-state index is 10.6. The summed E-state index contributed by atoms with van der Waals surface area (Å²) in [5.41, 5.74) is 10.2. The van der Waals surface area contributed by atoms with Crippen molar-refractivity contribution in [2.45, 2.75) is 20.5 Å². The van der Waals surface area contributed by atoms with Gasteiger partial charge in [0.25, 0.3) is 0 Å². The Hall–Kier alpha value is -2.96. The molecule has 0 saturated carbocycles. The molecule has 3 aromatic rings. The quantitative estimate of drug-likeness (QED) is 0.265. The van der Waals surface area contributed by atoms with Gasteiger partial charge >= 0.3 is 0 Å². The molecule has 0 fully saturated rings. The Morgan fingerprint density at radius 2 is 1.76 bits per heavy atom. The fraction of sp³-hybridized carbons (Fsp3) is 0.158. The number of benzene rings is 3. The zero-order valence-electron chi connectivity index (χ0n) is 14.0. The second-order valence-corrected chi connectivity index (χ2v) is 5.98. The second-order valence-electron chi connectivity index (χ2n) is 5.98. The van der Waals surface area contributed by atoms with Gasteiger partial charge < -0.3 is 10.8 Å². The monoisotopic (exact) mass is 337 g/mol. The molecule has 0 amide bonds. The third-order valence-electron chi connectivity index (χ3n) is 3.98. The van der Waals surface area contributed by atoms with Gasteiger partial charge in [-0.15, -0.1) is 5.11 Å². The Bertz CT molecular complexity index is 951. The van der Waals surface area contributed by atoms with Crippen molar-refractivity contribution in [3.8, 4) is 5.75 Å². The minimum Gasteiger partial charge on any atom is -0.505 e. The number of phenols is 1. The molecule has 6 nitrogen and oxygen atoms in total. The molecule has 0 aliphatic carbocycles. The number of nitrogen functional groups attached to an aromatic ring is 1. The van der Waals surface area contributed by atoms with Crippen LogP contribution in [-0.4, -0.2) is 10.4 Å². The van der Waals surface area contributed by atoms with E-state index in [9.17, 15) is 5.11 Å². The number of aromatic hydroxyl groups is 1. The molecule has 0 spiro atoms. The molecule has 6 heteroatoms. The third kappa shape index (κ3) is 3.45. The Labute approximate surface area is 145 Å². The van der Waals surface area contributed by atoms with E-state index in [0.29, 0.717) is 22.4 Å². The molecular weight excluding hydrogens is 318 g/mol. The minimum atomic E-state index is 0.0292. The van der Waals surface area contributed by atoms with Gasteiger partial charge in [-0.3, -0.25) is 5.26 Å². The average molecular weight is 337 g/mol. The van der Waals surface area contributed by atoms with Crippen molar-refractivity contribution in [1.82, 2.24) is 0 Å². The van der Waals surface area contributed by atoms with Crippen molar-refractivity contribution in [2.75, 3.05) is 5.73 Å². The van der Waals surface area contributed by atoms with Gasteiger partial charge in [-0.1, -0.05) is 18.2 Å². The van der Waals surface area contributed by atoms with Crippen molar-refractivity contribution in [1.29, 1.82) is 0 Å². The Morgan fingerprint density at radius 1 is 1.04 bits per heavy atom. The molecule has 3 rings (SSSR count). The largest absolute Gasteiger partial charge is 0.505 e. The highest BCUT2D eigenvalue weighted by atomic mass is 17.1. The van der Waals surface area contributed by atoms with Gasteiger partial charge in [0.1, 0.15) is 12.3 Å². The van der Waals surface area contributed by atoms with Crippen LogP contribution in [0.25, 0.3) is 10.8 Å². The molecular formula is C19H19N3O3. The second kappa shape index (κ2) is 6.88. The van der Waals surface area contributed by atoms with Crippen molar-refractivity contribution in [3.05, 3.63) is 59.2 Å². The highest BCUT2D eigenvalue weighted by molar-refractivity contribution is 6.02. The number of nitrogens with two attached hydrogens (primary N) is 1. The first-order valence-corrected chi connectivity index (χ1v) is 7.79. The molecule has 0 unspecified atom stereocenters. The van der Waals surface area contributed by atoms with Gasteiger partial charge in [-0.2, -0.15) is 5.11 Å². The smallest absolute Gasteiger partial charge is 0.153 e. The first-order valence-electron chi connectivity index (χ1n) is 7.79. The van der Waals surface area contributed by atoms with E-state index in [1.165, 1.54) is 0 Å². The Balaban J connectivity index is 2.00. The van der Waals surface area contributed by atoms with E-state index in [0.717, 1.165) is 22.1 Å². The molecule has 0 radical (unpaired) electrons. The van der Waals surface area contributed by atoms with E-state index in [1.54, 1.807) is 24.3 Å². The summed E-state index contributed by atoms with van der Waals surface area (Å²) in [7, 11) is 0. The van der Waals surface area contributed by atoms with Gasteiger partial charge in [-0.25, -0.2) is 4.89 Å². The standard InChI is InChI=1S/C19H19N3O3/c1-11-7-14-9-12(2)18(19(23)17(14)16(20)8-11)22-21-15-5-3-13(4-6-15)10-25-24/h3-9,23-24H,10,20H2,1-2H3. The molecule has 0 heterocycles. The molecule has 0 aromatic heterocycles. The zero-order valence-corrected chi connectivity index (χ0v) is 14.0. The SMILES string of the molecule is Cc1cc(N)c2c(O)c(N=Nc3ccc(COO)cc3)c(C)cc2c1. The number of aryl methyl sites for hydroxylation is 2. The first-order chi connectivity index (χ1) is 12.0. The summed E-state index contributed by atoms with van der Waals surface area (Å²) >= 11 is 0. The lowest BCUT2D eigenvalue weighted by molar-refractivity contribution is -0.253. The number of nitrogens with zero attached hydrogens (tertiary/aromatic N) is 2. The zero-order chi connectivity index (χ0) is 18.0. The summed E-state index contributed by atoms with van der Waals surface area (Å²) in [5, 5.41) is 28.9. The molecule has 0 atom stereocenters. The van der Waals surface area contributed by atoms with E-state index >= 15 is 0 Å². The number of azo groups is 1. The third-order valence-corrected chi connectivity index (χ3v) is 3.98. The van der Waals surface area contributed by atoms with Crippen LogP contribution in [-0.2, 0) is 11.5 Å². The normalized spacial score (nSPS) is 11.5. The van der Waals surface area contributed by atoms with Crippen molar-refractivity contribution >= 4 is 27.8 Å². The van der Waals surface area contributed by atoms with Gasteiger partial charge in [0, 0.05) is 11.1 Å². The maximum Gasteiger partial charge on any atom is 0.153 e. The average Bonchev–Trinajstić information content (AvgIpc) is 2.55. The van der Waals surface area contributed by atoms with E-state index in [2.05, 4.69) is 15.1 Å². The van der Waals surface area contributed by atoms with Crippen molar-refractivity contribution in [3.63, 3.8) is 0 Å². The fourth-order valence-corrected chi connectivity index (χ4v) is 2.80. The van der Waals surface area contributed by atoms with Crippen LogP contribution >= 0.6 is 0 Å². The molecule has 0 bridgehead atoms. The highest BCUT2D eigenvalue weighted by Crippen LogP contribution is 2.41. The van der Waals surface area contributed by atoms with Crippen LogP contribution in [0.15, 0.2) is 52.7 Å². The van der Waals surface area contributed by atoms with E-state index in [-0.39, 0.29) is 12.4 Å². The number of fused-ring (bicyclic) bond motifs is 1. The lowest BCUT2D eigenvalue weighted by atomic mass is 10.0. The van der Waals surface area contributed by atoms with Crippen LogP contribution in [0.3, 0.4) is 0 Å². The molecule has 0 saturated heterocycles. The Morgan fingerprint density at radius 3 is 2.44 bits per heavy atom. The first kappa shape index (κ1) is 16.9. The van der Waals surface area contributed by atoms with E-state index in [4.69, 9.17) is 11.0 Å². The molecule has 0 aliphatic heterocycles. The van der Waals surface area contributed by atoms with Gasteiger partial charge in [0.15, 0.2) is 5.75 Å². The number of anilines is 1. The van der Waals surface area contributed by atoms with Crippen LogP contribution < -0.4 is 5.73 Å². The fourth-order valence-electron chi connectivity index (χ4n) is 2.80. The lowest BCUT2D eigenvalue weighted by Crippen LogP contribution is -1.90. The summed E-state index contributed by atoms with van der Waals surface area (Å²) in [5.74, 6) is 0.0292. The summed E-state index contributed by atoms with van der Waals surface area (Å²) in [4.78, 5) is 4.09. The number of rotatable bonds is 4. The van der Waals surface area contributed by atoms with Crippen LogP contribution in [0.5, 0.6) is 5.75 Å². The highest BCUT2D eigenvalue weighted by Gasteiger charge is 2.13. The molecule has 3 aromatic carbocycles.